The summed E-state index contributed by atoms with van der Waals surface area (Å²) >= 11 is 7.27. The fourth-order valence-corrected chi connectivity index (χ4v) is 4.05. The van der Waals surface area contributed by atoms with Crippen molar-refractivity contribution in [1.82, 2.24) is 20.1 Å². The molecule has 1 heterocycles. The van der Waals surface area contributed by atoms with Crippen LogP contribution in [-0.2, 0) is 11.3 Å². The maximum Gasteiger partial charge on any atom is 0.335 e. The summed E-state index contributed by atoms with van der Waals surface area (Å²) in [5.41, 5.74) is 0.812. The molecule has 9 nitrogen and oxygen atoms in total. The van der Waals surface area contributed by atoms with Crippen LogP contribution in [0.1, 0.15) is 39.5 Å². The zero-order valence-electron chi connectivity index (χ0n) is 18.2. The largest absolute Gasteiger partial charge is 0.478 e. The van der Waals surface area contributed by atoms with E-state index in [0.717, 1.165) is 11.8 Å². The van der Waals surface area contributed by atoms with Crippen LogP contribution in [0.4, 0.5) is 5.69 Å². The number of hydrogen-bond acceptors (Lipinski definition) is 6. The maximum absolute atomic E-state index is 12.6. The van der Waals surface area contributed by atoms with Gasteiger partial charge in [-0.05, 0) is 37.3 Å². The number of aromatic nitrogens is 3. The van der Waals surface area contributed by atoms with Gasteiger partial charge in [0.2, 0.25) is 5.91 Å². The molecule has 3 aromatic rings. The maximum atomic E-state index is 12.6. The third kappa shape index (κ3) is 6.24. The summed E-state index contributed by atoms with van der Waals surface area (Å²) in [4.78, 5) is 36.1. The van der Waals surface area contributed by atoms with E-state index >= 15 is 0 Å². The van der Waals surface area contributed by atoms with Gasteiger partial charge in [0, 0.05) is 12.2 Å². The number of amides is 2. The Labute approximate surface area is 205 Å². The lowest BCUT2D eigenvalue weighted by molar-refractivity contribution is -0.113. The van der Waals surface area contributed by atoms with Crippen molar-refractivity contribution in [2.75, 3.05) is 11.1 Å². The predicted molar refractivity (Wildman–Crippen MR) is 130 cm³/mol. The van der Waals surface area contributed by atoms with E-state index in [0.29, 0.717) is 33.8 Å². The first-order valence-electron chi connectivity index (χ1n) is 10.2. The van der Waals surface area contributed by atoms with E-state index in [-0.39, 0.29) is 23.1 Å². The number of hydrogen-bond donors (Lipinski definition) is 3. The molecule has 0 bridgehead atoms. The second-order valence-electron chi connectivity index (χ2n) is 7.14. The van der Waals surface area contributed by atoms with Gasteiger partial charge in [-0.3, -0.25) is 9.59 Å². The van der Waals surface area contributed by atoms with Gasteiger partial charge in [0.1, 0.15) is 0 Å². The van der Waals surface area contributed by atoms with Crippen LogP contribution in [0, 0.1) is 0 Å². The lowest BCUT2D eigenvalue weighted by Gasteiger charge is -2.15. The topological polar surface area (TPSA) is 126 Å². The van der Waals surface area contributed by atoms with E-state index in [4.69, 9.17) is 16.7 Å². The number of nitrogens with zero attached hydrogens (tertiary/aromatic N) is 3. The van der Waals surface area contributed by atoms with Crippen LogP contribution >= 0.6 is 23.4 Å². The summed E-state index contributed by atoms with van der Waals surface area (Å²) in [5, 5.41) is 23.8. The molecule has 3 rings (SSSR count). The quantitative estimate of drug-likeness (QED) is 0.284. The molecule has 11 heteroatoms. The van der Waals surface area contributed by atoms with Crippen molar-refractivity contribution in [3.63, 3.8) is 0 Å². The minimum Gasteiger partial charge on any atom is -0.478 e. The van der Waals surface area contributed by atoms with E-state index in [9.17, 15) is 14.4 Å². The van der Waals surface area contributed by atoms with E-state index in [1.165, 1.54) is 12.1 Å². The highest BCUT2D eigenvalue weighted by molar-refractivity contribution is 7.99. The molecule has 0 saturated carbocycles. The van der Waals surface area contributed by atoms with Crippen LogP contribution in [0.3, 0.4) is 0 Å². The van der Waals surface area contributed by atoms with E-state index in [1.807, 2.05) is 0 Å². The Hall–Kier alpha value is -3.63. The van der Waals surface area contributed by atoms with E-state index < -0.39 is 12.0 Å². The van der Waals surface area contributed by atoms with Gasteiger partial charge >= 0.3 is 5.97 Å². The lowest BCUT2D eigenvalue weighted by atomic mass is 10.2. The van der Waals surface area contributed by atoms with Gasteiger partial charge in [0.25, 0.3) is 5.91 Å². The summed E-state index contributed by atoms with van der Waals surface area (Å²) in [7, 11) is 0. The number of carboxylic acid groups (broad SMARTS) is 1. The summed E-state index contributed by atoms with van der Waals surface area (Å²) in [5.74, 6) is -1.23. The van der Waals surface area contributed by atoms with Crippen LogP contribution in [0.5, 0.6) is 0 Å². The molecule has 3 N–H and O–H groups in total. The molecule has 34 heavy (non-hydrogen) atoms. The predicted octanol–water partition coefficient (Wildman–Crippen LogP) is 4.04. The van der Waals surface area contributed by atoms with Gasteiger partial charge in [-0.2, -0.15) is 0 Å². The minimum absolute atomic E-state index is 0.0208. The highest BCUT2D eigenvalue weighted by Gasteiger charge is 2.21. The Morgan fingerprint density at radius 1 is 1.21 bits per heavy atom. The Morgan fingerprint density at radius 3 is 2.68 bits per heavy atom. The number of allylic oxidation sites excluding steroid dienone is 1. The summed E-state index contributed by atoms with van der Waals surface area (Å²) in [6.07, 6.45) is 1.66. The van der Waals surface area contributed by atoms with Crippen LogP contribution < -0.4 is 10.6 Å². The zero-order valence-corrected chi connectivity index (χ0v) is 19.8. The van der Waals surface area contributed by atoms with Crippen LogP contribution in [-0.4, -0.2) is 43.4 Å². The van der Waals surface area contributed by atoms with Crippen LogP contribution in [0.2, 0.25) is 5.02 Å². The Morgan fingerprint density at radius 2 is 1.97 bits per heavy atom. The van der Waals surface area contributed by atoms with Gasteiger partial charge in [0.15, 0.2) is 11.0 Å². The molecule has 0 aliphatic rings. The molecule has 1 aromatic heterocycles. The van der Waals surface area contributed by atoms with Gasteiger partial charge in [-0.15, -0.1) is 16.8 Å². The number of benzene rings is 2. The smallest absolute Gasteiger partial charge is 0.335 e. The van der Waals surface area contributed by atoms with Crippen molar-refractivity contribution in [3.8, 4) is 0 Å². The minimum atomic E-state index is -1.08. The van der Waals surface area contributed by atoms with Crippen LogP contribution in [0.25, 0.3) is 0 Å². The monoisotopic (exact) mass is 499 g/mol. The molecule has 0 radical (unpaired) electrons. The fourth-order valence-electron chi connectivity index (χ4n) is 3.07. The first-order chi connectivity index (χ1) is 16.3. The number of thioether (sulfide) groups is 1. The molecule has 0 unspecified atom stereocenters. The van der Waals surface area contributed by atoms with E-state index in [1.54, 1.807) is 54.0 Å². The molecule has 0 spiro atoms. The first kappa shape index (κ1) is 25.0. The summed E-state index contributed by atoms with van der Waals surface area (Å²) in [6, 6.07) is 12.2. The third-order valence-electron chi connectivity index (χ3n) is 4.64. The number of nitrogens with one attached hydrogen (secondary N) is 2. The molecular weight excluding hydrogens is 478 g/mol. The van der Waals surface area contributed by atoms with Crippen molar-refractivity contribution in [1.29, 1.82) is 0 Å². The number of carbonyl (C=O) groups excluding carboxylic acids is 2. The second kappa shape index (κ2) is 11.5. The van der Waals surface area contributed by atoms with Gasteiger partial charge in [-0.25, -0.2) is 4.79 Å². The molecule has 2 amide bonds. The Kier molecular flexibility index (Phi) is 8.44. The molecule has 1 atom stereocenters. The highest BCUT2D eigenvalue weighted by Crippen LogP contribution is 2.22. The Bertz CT molecular complexity index is 1230. The average Bonchev–Trinajstić information content (AvgIpc) is 3.21. The lowest BCUT2D eigenvalue weighted by Crippen LogP contribution is -2.29. The molecular formula is C23H22ClN5O4S. The summed E-state index contributed by atoms with van der Waals surface area (Å²) in [6.45, 7) is 5.90. The average molecular weight is 500 g/mol. The molecule has 176 valence electrons. The number of halogens is 1. The van der Waals surface area contributed by atoms with Crippen molar-refractivity contribution in [3.05, 3.63) is 83.2 Å². The Balaban J connectivity index is 1.67. The number of anilines is 1. The number of carboxylic acids is 1. The third-order valence-corrected chi connectivity index (χ3v) is 5.93. The van der Waals surface area contributed by atoms with Crippen molar-refractivity contribution < 1.29 is 19.5 Å². The molecule has 0 aliphatic carbocycles. The van der Waals surface area contributed by atoms with Gasteiger partial charge in [-0.1, -0.05) is 47.6 Å². The molecule has 2 aromatic carbocycles. The van der Waals surface area contributed by atoms with Gasteiger partial charge in [0.05, 0.1) is 27.9 Å². The van der Waals surface area contributed by atoms with Crippen molar-refractivity contribution >= 4 is 46.8 Å². The first-order valence-corrected chi connectivity index (χ1v) is 11.5. The van der Waals surface area contributed by atoms with E-state index in [2.05, 4.69) is 27.4 Å². The van der Waals surface area contributed by atoms with Gasteiger partial charge < -0.3 is 20.3 Å². The SMILES string of the molecule is C=CCn1c(SCC(=O)Nc2cccc(C(=O)O)c2)nnc1[C@@H](C)NC(=O)c1ccccc1Cl. The molecule has 0 saturated heterocycles. The van der Waals surface area contributed by atoms with Crippen molar-refractivity contribution in [2.45, 2.75) is 24.7 Å². The number of aromatic carboxylic acids is 1. The normalized spacial score (nSPS) is 11.5. The zero-order chi connectivity index (χ0) is 24.7. The number of rotatable bonds is 10. The standard InChI is InChI=1S/C23H22ClN5O4S/c1-3-11-29-20(14(2)25-21(31)17-9-4-5-10-18(17)24)27-28-23(29)34-13-19(30)26-16-8-6-7-15(12-16)22(32)33/h3-10,12,14H,1,11,13H2,2H3,(H,25,31)(H,26,30)(H,32,33)/t14-/m1/s1. The van der Waals surface area contributed by atoms with Crippen LogP contribution in [0.15, 0.2) is 66.3 Å². The van der Waals surface area contributed by atoms with Crippen molar-refractivity contribution in [2.24, 2.45) is 0 Å². The molecule has 0 fully saturated rings. The number of carbonyl (C=O) groups is 3. The molecule has 0 aliphatic heterocycles. The summed E-state index contributed by atoms with van der Waals surface area (Å²) < 4.78 is 1.76. The fraction of sp³-hybridized carbons (Fsp3) is 0.174. The second-order valence-corrected chi connectivity index (χ2v) is 8.49. The highest BCUT2D eigenvalue weighted by atomic mass is 35.5.